The summed E-state index contributed by atoms with van der Waals surface area (Å²) in [5, 5.41) is 9.94. The number of ether oxygens (including phenoxy) is 1. The van der Waals surface area contributed by atoms with E-state index in [-0.39, 0.29) is 40.3 Å². The van der Waals surface area contributed by atoms with Gasteiger partial charge in [-0.15, -0.1) is 11.3 Å². The Morgan fingerprint density at radius 2 is 1.82 bits per heavy atom. The van der Waals surface area contributed by atoms with Gasteiger partial charge in [-0.2, -0.15) is 0 Å². The predicted molar refractivity (Wildman–Crippen MR) is 131 cm³/mol. The maximum absolute atomic E-state index is 13.8. The normalized spacial score (nSPS) is 19.2. The fourth-order valence-electron chi connectivity index (χ4n) is 3.88. The van der Waals surface area contributed by atoms with Crippen LogP contribution >= 0.6 is 11.3 Å². The molecule has 0 radical (unpaired) electrons. The van der Waals surface area contributed by atoms with Gasteiger partial charge in [0, 0.05) is 32.5 Å². The number of nitrogens with zero attached hydrogens (tertiary/aromatic N) is 2. The fourth-order valence-corrected chi connectivity index (χ4v) is 4.72. The van der Waals surface area contributed by atoms with Crippen LogP contribution in [0.5, 0.6) is 0 Å². The number of carbonyl (C=O) groups excluding carboxylic acids is 2. The molecule has 0 aromatic carbocycles. The summed E-state index contributed by atoms with van der Waals surface area (Å²) >= 11 is 1.02. The second-order valence-electron chi connectivity index (χ2n) is 10.00. The van der Waals surface area contributed by atoms with E-state index >= 15 is 0 Å². The number of carboxylic acid groups (broad SMARTS) is 1. The second kappa shape index (κ2) is 11.2. The summed E-state index contributed by atoms with van der Waals surface area (Å²) in [5.74, 6) is 4.75. The number of thiophene rings is 1. The Balaban J connectivity index is 2.64. The maximum atomic E-state index is 13.8. The van der Waals surface area contributed by atoms with E-state index in [1.807, 2.05) is 20.8 Å². The number of hydrogen-bond acceptors (Lipinski definition) is 5. The predicted octanol–water partition coefficient (Wildman–Crippen LogP) is 4.11. The van der Waals surface area contributed by atoms with Crippen molar-refractivity contribution in [2.75, 3.05) is 32.7 Å². The summed E-state index contributed by atoms with van der Waals surface area (Å²) in [4.78, 5) is 42.4. The molecule has 2 rings (SSSR count). The Labute approximate surface area is 201 Å². The Kier molecular flexibility index (Phi) is 9.10. The number of anilines is 1. The van der Waals surface area contributed by atoms with E-state index in [0.29, 0.717) is 10.8 Å². The number of rotatable bonds is 7. The fraction of sp³-hybridized carbons (Fsp3) is 0.640. The molecule has 0 unspecified atom stereocenters. The molecule has 0 saturated heterocycles. The standard InChI is InChI=1S/C25H36N2O5S/c1-16-8-10-17(11-9-16)22(28)27(20(15-32-7)23(29)26(5)6)19-14-18(12-13-25(2,3)4)33-21(19)24(30)31/h14,16-17,20H,8-11,15H2,1-7H3,(H,30,31)/t16-,17-,20-/m1/s1. The van der Waals surface area contributed by atoms with Gasteiger partial charge in [0.2, 0.25) is 11.8 Å². The molecule has 1 heterocycles. The molecule has 182 valence electrons. The Bertz CT molecular complexity index is 927. The average Bonchev–Trinajstić information content (AvgIpc) is 3.15. The summed E-state index contributed by atoms with van der Waals surface area (Å²) in [6.45, 7) is 8.04. The molecule has 1 fully saturated rings. The molecule has 0 bridgehead atoms. The molecule has 7 nitrogen and oxygen atoms in total. The van der Waals surface area contributed by atoms with E-state index < -0.39 is 12.0 Å². The van der Waals surface area contributed by atoms with Crippen molar-refractivity contribution >= 4 is 34.8 Å². The van der Waals surface area contributed by atoms with Crippen LogP contribution in [0.25, 0.3) is 0 Å². The van der Waals surface area contributed by atoms with E-state index in [9.17, 15) is 19.5 Å². The summed E-state index contributed by atoms with van der Waals surface area (Å²) in [7, 11) is 4.69. The molecule has 1 N–H and O–H groups in total. The molecule has 1 atom stereocenters. The number of methoxy groups -OCH3 is 1. The highest BCUT2D eigenvalue weighted by atomic mass is 32.1. The van der Waals surface area contributed by atoms with Crippen LogP contribution < -0.4 is 4.90 Å². The Hall–Kier alpha value is -2.37. The molecule has 33 heavy (non-hydrogen) atoms. The zero-order valence-corrected chi connectivity index (χ0v) is 21.5. The third kappa shape index (κ3) is 7.05. The number of carbonyl (C=O) groups is 3. The van der Waals surface area contributed by atoms with E-state index in [4.69, 9.17) is 4.74 Å². The monoisotopic (exact) mass is 476 g/mol. The van der Waals surface area contributed by atoms with Crippen LogP contribution in [0.15, 0.2) is 6.07 Å². The Morgan fingerprint density at radius 3 is 2.30 bits per heavy atom. The first-order chi connectivity index (χ1) is 15.4. The molecule has 1 aliphatic carbocycles. The van der Waals surface area contributed by atoms with Crippen LogP contribution in [0.1, 0.15) is 67.9 Å². The van der Waals surface area contributed by atoms with Gasteiger partial charge in [0.25, 0.3) is 0 Å². The van der Waals surface area contributed by atoms with Crippen LogP contribution in [-0.2, 0) is 14.3 Å². The zero-order valence-electron chi connectivity index (χ0n) is 20.7. The topological polar surface area (TPSA) is 87.2 Å². The molecular weight excluding hydrogens is 440 g/mol. The van der Waals surface area contributed by atoms with Crippen LogP contribution in [0.4, 0.5) is 5.69 Å². The largest absolute Gasteiger partial charge is 0.477 e. The number of carboxylic acids is 1. The minimum atomic E-state index is -1.15. The molecule has 2 amide bonds. The highest BCUT2D eigenvalue weighted by Crippen LogP contribution is 2.36. The van der Waals surface area contributed by atoms with Crippen LogP contribution in [-0.4, -0.2) is 61.6 Å². The lowest BCUT2D eigenvalue weighted by molar-refractivity contribution is -0.134. The number of likely N-dealkylation sites (N-methyl/N-ethyl adjacent to an activating group) is 1. The lowest BCUT2D eigenvalue weighted by atomic mass is 9.82. The smallest absolute Gasteiger partial charge is 0.348 e. The van der Waals surface area contributed by atoms with Crippen molar-refractivity contribution in [1.29, 1.82) is 0 Å². The molecule has 8 heteroatoms. The molecule has 1 aromatic heterocycles. The minimum Gasteiger partial charge on any atom is -0.477 e. The summed E-state index contributed by atoms with van der Waals surface area (Å²) in [6, 6.07) is 0.662. The van der Waals surface area contributed by atoms with E-state index in [2.05, 4.69) is 18.8 Å². The van der Waals surface area contributed by atoms with Gasteiger partial charge in [-0.05, 0) is 58.4 Å². The quantitative estimate of drug-likeness (QED) is 0.599. The molecule has 0 spiro atoms. The molecule has 0 aliphatic heterocycles. The molecule has 1 aromatic rings. The van der Waals surface area contributed by atoms with Gasteiger partial charge < -0.3 is 14.7 Å². The van der Waals surface area contributed by atoms with Gasteiger partial charge >= 0.3 is 5.97 Å². The third-order valence-electron chi connectivity index (χ3n) is 5.69. The van der Waals surface area contributed by atoms with Crippen LogP contribution in [0, 0.1) is 29.1 Å². The molecule has 1 aliphatic rings. The third-order valence-corrected chi connectivity index (χ3v) is 6.72. The van der Waals surface area contributed by atoms with Crippen molar-refractivity contribution < 1.29 is 24.2 Å². The van der Waals surface area contributed by atoms with Crippen molar-refractivity contribution in [2.45, 2.75) is 59.4 Å². The average molecular weight is 477 g/mol. The number of aromatic carboxylic acids is 1. The summed E-state index contributed by atoms with van der Waals surface area (Å²) in [5.41, 5.74) is -0.0482. The van der Waals surface area contributed by atoms with E-state index in [1.165, 1.54) is 16.9 Å². The van der Waals surface area contributed by atoms with Crippen LogP contribution in [0.2, 0.25) is 0 Å². The van der Waals surface area contributed by atoms with Crippen molar-refractivity contribution in [3.05, 3.63) is 15.8 Å². The minimum absolute atomic E-state index is 0.00149. The van der Waals surface area contributed by atoms with Crippen molar-refractivity contribution in [3.8, 4) is 11.8 Å². The van der Waals surface area contributed by atoms with Gasteiger partial charge in [-0.25, -0.2) is 4.79 Å². The van der Waals surface area contributed by atoms with E-state index in [0.717, 1.165) is 37.0 Å². The van der Waals surface area contributed by atoms with Crippen molar-refractivity contribution in [1.82, 2.24) is 4.90 Å². The molecule has 1 saturated carbocycles. The summed E-state index contributed by atoms with van der Waals surface area (Å²) in [6.07, 6.45) is 3.29. The second-order valence-corrected chi connectivity index (χ2v) is 11.1. The lowest BCUT2D eigenvalue weighted by Gasteiger charge is -2.36. The number of amides is 2. The van der Waals surface area contributed by atoms with E-state index in [1.54, 1.807) is 20.2 Å². The van der Waals surface area contributed by atoms with Gasteiger partial charge in [0.1, 0.15) is 10.9 Å². The lowest BCUT2D eigenvalue weighted by Crippen LogP contribution is -2.54. The number of hydrogen-bond donors (Lipinski definition) is 1. The van der Waals surface area contributed by atoms with Crippen molar-refractivity contribution in [3.63, 3.8) is 0 Å². The first kappa shape index (κ1) is 26.9. The zero-order chi connectivity index (χ0) is 24.9. The Morgan fingerprint density at radius 1 is 1.21 bits per heavy atom. The highest BCUT2D eigenvalue weighted by Gasteiger charge is 2.39. The highest BCUT2D eigenvalue weighted by molar-refractivity contribution is 7.15. The molecular formula is C25H36N2O5S. The SMILES string of the molecule is COC[C@H](C(=O)N(C)C)N(c1cc(C#CC(C)(C)C)sc1C(=O)O)C(=O)[C@H]1CC[C@H](C)CC1. The van der Waals surface area contributed by atoms with Crippen LogP contribution in [0.3, 0.4) is 0 Å². The van der Waals surface area contributed by atoms with Gasteiger partial charge in [-0.3, -0.25) is 14.5 Å². The van der Waals surface area contributed by atoms with Crippen molar-refractivity contribution in [2.24, 2.45) is 17.3 Å². The van der Waals surface area contributed by atoms with Gasteiger partial charge in [0.15, 0.2) is 0 Å². The first-order valence-electron chi connectivity index (χ1n) is 11.3. The summed E-state index contributed by atoms with van der Waals surface area (Å²) < 4.78 is 5.32. The maximum Gasteiger partial charge on any atom is 0.348 e. The van der Waals surface area contributed by atoms with Gasteiger partial charge in [-0.1, -0.05) is 18.8 Å². The van der Waals surface area contributed by atoms with Gasteiger partial charge in [0.05, 0.1) is 17.2 Å². The first-order valence-corrected chi connectivity index (χ1v) is 12.1.